The van der Waals surface area contributed by atoms with Crippen molar-refractivity contribution in [1.82, 2.24) is 0 Å². The third kappa shape index (κ3) is 13.1. The maximum absolute atomic E-state index is 15.7. The van der Waals surface area contributed by atoms with E-state index in [1.165, 1.54) is 0 Å². The lowest BCUT2D eigenvalue weighted by atomic mass is 9.97. The zero-order valence-corrected chi connectivity index (χ0v) is 64.1. The van der Waals surface area contributed by atoms with Crippen molar-refractivity contribution < 1.29 is 18.1 Å². The average Bonchev–Trinajstić information content (AvgIpc) is 2.66. The molecule has 284 valence electrons. The molecular weight excluding hydrogens is 2430 g/mol. The number of alkyl halides is 27. The number of hydrogen-bond acceptors (Lipinski definition) is 4. The molecule has 0 aliphatic rings. The van der Waals surface area contributed by atoms with Crippen molar-refractivity contribution in [2.75, 3.05) is 16.0 Å². The molecule has 0 aromatic rings. The summed E-state index contributed by atoms with van der Waals surface area (Å²) in [5.41, 5.74) is -4.00. The lowest BCUT2D eigenvalue weighted by Gasteiger charge is -2.55. The van der Waals surface area contributed by atoms with E-state index >= 15 is 4.57 Å². The van der Waals surface area contributed by atoms with Crippen molar-refractivity contribution in [3.63, 3.8) is 0 Å². The van der Waals surface area contributed by atoms with Crippen LogP contribution in [0.5, 0.6) is 0 Å². The Balaban J connectivity index is 8.28. The summed E-state index contributed by atoms with van der Waals surface area (Å²) >= 11 is 98.0. The van der Waals surface area contributed by atoms with E-state index in [9.17, 15) is 0 Å². The van der Waals surface area contributed by atoms with Crippen LogP contribution in [0.15, 0.2) is 0 Å². The SMILES string of the molecule is O=P(OC(Br)(Br)C(CBr)(C(Br)(Br)Br)C(Br)(Br)Br)(OC(Br)(Br)C(CBr)(C(Br)(Br)Br)C(Br)(Br)Br)OC(Br)(Br)C(CBr)(C(Br)(Br)Br)C(Br)(Br)Br. The maximum atomic E-state index is 15.7. The number of halogens is 27. The minimum absolute atomic E-state index is 0.124. The summed E-state index contributed by atoms with van der Waals surface area (Å²) in [4.78, 5) is 0. The number of phosphoric acid groups is 1. The Labute approximate surface area is 499 Å². The Morgan fingerprint density at radius 3 is 0.532 bits per heavy atom. The minimum Gasteiger partial charge on any atom is -0.257 e. The first-order valence-corrected chi connectivity index (χ1v) is 33.8. The van der Waals surface area contributed by atoms with E-state index in [1.807, 2.05) is 0 Å². The monoisotopic (exact) mass is 2410 g/mol. The second-order valence-electron chi connectivity index (χ2n) is 8.37. The molecule has 0 aliphatic carbocycles. The van der Waals surface area contributed by atoms with Gasteiger partial charge in [-0.15, -0.1) is 0 Å². The van der Waals surface area contributed by atoms with Gasteiger partial charge in [-0.2, -0.15) is 0 Å². The summed E-state index contributed by atoms with van der Waals surface area (Å²) in [5.74, 6) is 0. The van der Waals surface area contributed by atoms with Gasteiger partial charge in [0.2, 0.25) is 10.3 Å². The van der Waals surface area contributed by atoms with Crippen molar-refractivity contribution in [3.8, 4) is 0 Å². The standard InChI is InChI=1S/C15H6Br27O4P/c16-1-4(7(19,20)21,8(22,23)24)13(37,38)44-47(43,45-14(39,40)5(2-17,9(25,26)27)10(28,29)30)46-15(41,42)6(3-18,11(31,32)33)12(34,35)36/h1-3H2. The molecule has 0 fully saturated rings. The Morgan fingerprint density at radius 2 is 0.447 bits per heavy atom. The number of phosphoric ester groups is 1. The molecule has 0 unspecified atom stereocenters. The van der Waals surface area contributed by atoms with Gasteiger partial charge in [-0.25, -0.2) is 4.57 Å². The molecule has 0 aliphatic heterocycles. The van der Waals surface area contributed by atoms with Gasteiger partial charge >= 0.3 is 7.82 Å². The van der Waals surface area contributed by atoms with E-state index in [0.29, 0.717) is 0 Å². The maximum Gasteiger partial charge on any atom is 0.481 e. The molecule has 47 heavy (non-hydrogen) atoms. The van der Waals surface area contributed by atoms with Crippen molar-refractivity contribution in [2.24, 2.45) is 16.2 Å². The molecule has 0 aromatic carbocycles. The van der Waals surface area contributed by atoms with Crippen LogP contribution in [0, 0.1) is 16.2 Å². The highest BCUT2D eigenvalue weighted by atomic mass is 80.0. The molecule has 32 heteroatoms. The Bertz CT molecular complexity index is 942. The average molecular weight is 2440 g/mol. The molecule has 0 saturated carbocycles. The Kier molecular flexibility index (Phi) is 27.0. The Hall–Kier alpha value is 13.1. The van der Waals surface area contributed by atoms with Gasteiger partial charge in [-0.05, 0) is 95.6 Å². The van der Waals surface area contributed by atoms with E-state index in [4.69, 9.17) is 13.6 Å². The predicted molar refractivity (Wildman–Crippen MR) is 298 cm³/mol. The number of rotatable bonds is 12. The molecule has 0 radical (unpaired) electrons. The molecule has 0 bridgehead atoms. The van der Waals surface area contributed by atoms with Crippen LogP contribution in [0.25, 0.3) is 0 Å². The van der Waals surface area contributed by atoms with E-state index < -0.39 is 47.2 Å². The van der Waals surface area contributed by atoms with Crippen molar-refractivity contribution in [3.05, 3.63) is 0 Å². The third-order valence-electron chi connectivity index (χ3n) is 5.67. The van der Waals surface area contributed by atoms with Crippen LogP contribution < -0.4 is 0 Å². The quantitative estimate of drug-likeness (QED) is 0.144. The van der Waals surface area contributed by atoms with Crippen LogP contribution in [0.2, 0.25) is 0 Å². The summed E-state index contributed by atoms with van der Waals surface area (Å²) in [7, 11) is -5.05. The van der Waals surface area contributed by atoms with Gasteiger partial charge in [0.05, 0.1) is 16.2 Å². The molecular formula is C15H6Br27O4P. The fraction of sp³-hybridized carbons (Fsp3) is 1.00. The first kappa shape index (κ1) is 60.1. The van der Waals surface area contributed by atoms with Crippen LogP contribution in [-0.2, 0) is 18.1 Å². The molecule has 0 heterocycles. The van der Waals surface area contributed by atoms with E-state index in [2.05, 4.69) is 430 Å². The Morgan fingerprint density at radius 1 is 0.319 bits per heavy atom. The predicted octanol–water partition coefficient (Wildman–Crippen LogP) is 21.7. The van der Waals surface area contributed by atoms with Crippen molar-refractivity contribution in [1.29, 1.82) is 0 Å². The second kappa shape index (κ2) is 21.1. The second-order valence-corrected chi connectivity index (χ2v) is 62.0. The number of hydrogen-bond donors (Lipinski definition) is 0. The minimum atomic E-state index is -5.05. The van der Waals surface area contributed by atoms with Crippen molar-refractivity contribution in [2.45, 2.75) is 23.1 Å². The fourth-order valence-electron chi connectivity index (χ4n) is 2.87. The first-order valence-electron chi connectivity index (χ1n) is 9.99. The fourth-order valence-corrected chi connectivity index (χ4v) is 54.3. The van der Waals surface area contributed by atoms with Crippen molar-refractivity contribution >= 4 is 438 Å². The molecule has 0 spiro atoms. The van der Waals surface area contributed by atoms with Gasteiger partial charge in [0, 0.05) is 16.0 Å². The molecule has 0 saturated heterocycles. The molecule has 0 rings (SSSR count). The summed E-state index contributed by atoms with van der Waals surface area (Å²) < 4.78 is 22.7. The largest absolute Gasteiger partial charge is 0.481 e. The molecule has 0 aromatic heterocycles. The molecule has 0 amide bonds. The van der Waals surface area contributed by atoms with Crippen LogP contribution in [0.3, 0.4) is 0 Å². The lowest BCUT2D eigenvalue weighted by molar-refractivity contribution is 0.00558. The van der Waals surface area contributed by atoms with Gasteiger partial charge in [0.15, 0.2) is 0 Å². The van der Waals surface area contributed by atoms with Crippen LogP contribution >= 0.6 is 438 Å². The summed E-state index contributed by atoms with van der Waals surface area (Å²) in [6.45, 7) is 0. The van der Waals surface area contributed by atoms with Crippen LogP contribution in [0.4, 0.5) is 0 Å². The van der Waals surface area contributed by atoms with Gasteiger partial charge < -0.3 is 0 Å². The normalized spacial score (nSPS) is 16.6. The summed E-state index contributed by atoms with van der Waals surface area (Å²) in [5, 5.41) is 0.373. The summed E-state index contributed by atoms with van der Waals surface area (Å²) in [6.07, 6.45) is 0. The van der Waals surface area contributed by atoms with Gasteiger partial charge in [0.25, 0.3) is 0 Å². The van der Waals surface area contributed by atoms with E-state index in [-0.39, 0.29) is 16.0 Å². The third-order valence-corrected chi connectivity index (χ3v) is 28.4. The first-order chi connectivity index (χ1) is 20.1. The smallest absolute Gasteiger partial charge is 0.257 e. The molecule has 0 N–H and O–H groups in total. The highest BCUT2D eigenvalue weighted by Crippen LogP contribution is 2.81. The topological polar surface area (TPSA) is 44.8 Å². The van der Waals surface area contributed by atoms with Gasteiger partial charge in [-0.3, -0.25) is 13.6 Å². The van der Waals surface area contributed by atoms with Crippen LogP contribution in [-0.4, -0.2) is 39.1 Å². The highest BCUT2D eigenvalue weighted by Gasteiger charge is 2.76. The highest BCUT2D eigenvalue weighted by molar-refractivity contribution is 9.43. The van der Waals surface area contributed by atoms with E-state index in [1.54, 1.807) is 0 Å². The molecule has 4 nitrogen and oxygen atoms in total. The molecule has 0 atom stereocenters. The van der Waals surface area contributed by atoms with Crippen LogP contribution in [0.1, 0.15) is 0 Å². The lowest BCUT2D eigenvalue weighted by Crippen LogP contribution is -2.61. The van der Waals surface area contributed by atoms with E-state index in [0.717, 1.165) is 0 Å². The zero-order chi connectivity index (χ0) is 38.7. The van der Waals surface area contributed by atoms with Gasteiger partial charge in [-0.1, -0.05) is 335 Å². The summed E-state index contributed by atoms with van der Waals surface area (Å²) in [6, 6.07) is 0. The zero-order valence-electron chi connectivity index (χ0n) is 20.4. The van der Waals surface area contributed by atoms with Gasteiger partial charge in [0.1, 0.15) is 12.9 Å².